The van der Waals surface area contributed by atoms with Gasteiger partial charge in [-0.1, -0.05) is 30.3 Å². The second-order valence-electron chi connectivity index (χ2n) is 5.55. The number of benzene rings is 3. The van der Waals surface area contributed by atoms with Gasteiger partial charge in [-0.2, -0.15) is 0 Å². The second kappa shape index (κ2) is 5.57. The second-order valence-corrected chi connectivity index (χ2v) is 5.55. The molecule has 4 heteroatoms. The minimum atomic E-state index is 0.590. The maximum absolute atomic E-state index is 5.60. The third-order valence-corrected chi connectivity index (χ3v) is 4.38. The molecule has 0 fully saturated rings. The van der Waals surface area contributed by atoms with Crippen LogP contribution in [0.5, 0.6) is 17.2 Å². The van der Waals surface area contributed by atoms with Crippen molar-refractivity contribution < 1.29 is 14.2 Å². The molecule has 0 aliphatic heterocycles. The number of hydrogen-bond donors (Lipinski definition) is 0. The number of rotatable bonds is 3. The Kier molecular flexibility index (Phi) is 3.38. The SMILES string of the molecule is COc1cc2c(ccc3c4ccccc4cnc23)c(OC)c1OC. The Hall–Kier alpha value is -3.01. The van der Waals surface area contributed by atoms with Gasteiger partial charge < -0.3 is 14.2 Å². The first-order chi connectivity index (χ1) is 11.8. The fraction of sp³-hybridized carbons (Fsp3) is 0.150. The number of aromatic nitrogens is 1. The standard InChI is InChI=1S/C20H17NO3/c1-22-17-10-16-15(19(23-2)20(17)24-3)9-8-14-13-7-5-4-6-12(13)11-21-18(14)16/h4-11H,1-3H3. The van der Waals surface area contributed by atoms with E-state index in [2.05, 4.69) is 18.2 Å². The summed E-state index contributed by atoms with van der Waals surface area (Å²) in [6.45, 7) is 0. The van der Waals surface area contributed by atoms with Crippen molar-refractivity contribution in [1.82, 2.24) is 4.98 Å². The maximum Gasteiger partial charge on any atom is 0.203 e. The first kappa shape index (κ1) is 14.6. The third kappa shape index (κ3) is 1.96. The van der Waals surface area contributed by atoms with Crippen LogP contribution in [0.4, 0.5) is 0 Å². The zero-order valence-corrected chi connectivity index (χ0v) is 13.8. The van der Waals surface area contributed by atoms with E-state index in [0.717, 1.165) is 27.1 Å². The van der Waals surface area contributed by atoms with Crippen molar-refractivity contribution in [2.45, 2.75) is 0 Å². The molecule has 24 heavy (non-hydrogen) atoms. The lowest BCUT2D eigenvalue weighted by Gasteiger charge is -2.16. The van der Waals surface area contributed by atoms with Gasteiger partial charge in [0.25, 0.3) is 0 Å². The van der Waals surface area contributed by atoms with Crippen LogP contribution in [-0.2, 0) is 0 Å². The van der Waals surface area contributed by atoms with Crippen LogP contribution in [0.15, 0.2) is 48.7 Å². The highest BCUT2D eigenvalue weighted by atomic mass is 16.5. The van der Waals surface area contributed by atoms with Gasteiger partial charge >= 0.3 is 0 Å². The van der Waals surface area contributed by atoms with Crippen LogP contribution in [0.1, 0.15) is 0 Å². The molecule has 1 heterocycles. The van der Waals surface area contributed by atoms with Gasteiger partial charge in [-0.25, -0.2) is 0 Å². The predicted molar refractivity (Wildman–Crippen MR) is 96.4 cm³/mol. The maximum atomic E-state index is 5.60. The number of nitrogens with zero attached hydrogens (tertiary/aromatic N) is 1. The highest BCUT2D eigenvalue weighted by Crippen LogP contribution is 2.45. The molecule has 0 saturated carbocycles. The molecule has 3 aromatic carbocycles. The predicted octanol–water partition coefficient (Wildman–Crippen LogP) is 4.57. The lowest BCUT2D eigenvalue weighted by atomic mass is 10.0. The van der Waals surface area contributed by atoms with Crippen LogP contribution in [0.3, 0.4) is 0 Å². The van der Waals surface area contributed by atoms with Gasteiger partial charge in [0.1, 0.15) is 0 Å². The molecule has 1 aromatic heterocycles. The van der Waals surface area contributed by atoms with Crippen molar-refractivity contribution >= 4 is 32.4 Å². The lowest BCUT2D eigenvalue weighted by molar-refractivity contribution is 0.327. The van der Waals surface area contributed by atoms with Gasteiger partial charge in [0.2, 0.25) is 5.75 Å². The summed E-state index contributed by atoms with van der Waals surface area (Å²) in [5.41, 5.74) is 0.922. The molecule has 0 aliphatic rings. The van der Waals surface area contributed by atoms with Crippen molar-refractivity contribution in [2.75, 3.05) is 21.3 Å². The number of methoxy groups -OCH3 is 3. The minimum Gasteiger partial charge on any atom is -0.493 e. The normalized spacial score (nSPS) is 11.1. The first-order valence-electron chi connectivity index (χ1n) is 7.67. The molecule has 0 spiro atoms. The van der Waals surface area contributed by atoms with Gasteiger partial charge in [0.05, 0.1) is 26.8 Å². The summed E-state index contributed by atoms with van der Waals surface area (Å²) in [6, 6.07) is 14.3. The van der Waals surface area contributed by atoms with E-state index >= 15 is 0 Å². The molecular weight excluding hydrogens is 302 g/mol. The van der Waals surface area contributed by atoms with E-state index in [1.54, 1.807) is 21.3 Å². The molecule has 0 atom stereocenters. The molecule has 0 saturated heterocycles. The Labute approximate surface area is 139 Å². The van der Waals surface area contributed by atoms with Gasteiger partial charge in [0, 0.05) is 27.7 Å². The van der Waals surface area contributed by atoms with Crippen molar-refractivity contribution in [3.05, 3.63) is 48.7 Å². The van der Waals surface area contributed by atoms with Gasteiger partial charge in [-0.15, -0.1) is 0 Å². The summed E-state index contributed by atoms with van der Waals surface area (Å²) < 4.78 is 16.6. The first-order valence-corrected chi connectivity index (χ1v) is 7.67. The van der Waals surface area contributed by atoms with Crippen molar-refractivity contribution in [3.63, 3.8) is 0 Å². The molecule has 0 amide bonds. The molecule has 0 unspecified atom stereocenters. The van der Waals surface area contributed by atoms with Crippen LogP contribution in [0, 0.1) is 0 Å². The van der Waals surface area contributed by atoms with E-state index in [1.165, 1.54) is 5.39 Å². The number of hydrogen-bond acceptors (Lipinski definition) is 4. The van der Waals surface area contributed by atoms with E-state index < -0.39 is 0 Å². The summed E-state index contributed by atoms with van der Waals surface area (Å²) in [6.07, 6.45) is 1.90. The number of pyridine rings is 1. The van der Waals surface area contributed by atoms with E-state index in [0.29, 0.717) is 17.2 Å². The average Bonchev–Trinajstić information content (AvgIpc) is 2.65. The van der Waals surface area contributed by atoms with Crippen LogP contribution in [0.25, 0.3) is 32.4 Å². The molecule has 0 radical (unpaired) electrons. The van der Waals surface area contributed by atoms with Gasteiger partial charge in [-0.05, 0) is 17.5 Å². The van der Waals surface area contributed by atoms with Gasteiger partial charge in [0.15, 0.2) is 11.5 Å². The Morgan fingerprint density at radius 1 is 0.708 bits per heavy atom. The Morgan fingerprint density at radius 2 is 1.46 bits per heavy atom. The fourth-order valence-electron chi connectivity index (χ4n) is 3.28. The van der Waals surface area contributed by atoms with Crippen LogP contribution in [-0.4, -0.2) is 26.3 Å². The largest absolute Gasteiger partial charge is 0.493 e. The van der Waals surface area contributed by atoms with Crippen molar-refractivity contribution in [3.8, 4) is 17.2 Å². The summed E-state index contributed by atoms with van der Waals surface area (Å²) >= 11 is 0. The van der Waals surface area contributed by atoms with E-state index in [-0.39, 0.29) is 0 Å². The summed E-state index contributed by atoms with van der Waals surface area (Å²) in [5, 5.41) is 5.34. The third-order valence-electron chi connectivity index (χ3n) is 4.38. The minimum absolute atomic E-state index is 0.590. The molecule has 120 valence electrons. The smallest absolute Gasteiger partial charge is 0.203 e. The van der Waals surface area contributed by atoms with Crippen molar-refractivity contribution in [1.29, 1.82) is 0 Å². The quantitative estimate of drug-likeness (QED) is 0.519. The Bertz CT molecular complexity index is 1070. The topological polar surface area (TPSA) is 40.6 Å². The van der Waals surface area contributed by atoms with Crippen LogP contribution >= 0.6 is 0 Å². The molecule has 4 nitrogen and oxygen atoms in total. The van der Waals surface area contributed by atoms with E-state index in [4.69, 9.17) is 19.2 Å². The summed E-state index contributed by atoms with van der Waals surface area (Å²) in [5.74, 6) is 1.88. The number of ether oxygens (including phenoxy) is 3. The number of fused-ring (bicyclic) bond motifs is 5. The fourth-order valence-corrected chi connectivity index (χ4v) is 3.28. The Morgan fingerprint density at radius 3 is 2.21 bits per heavy atom. The molecule has 0 N–H and O–H groups in total. The molecule has 4 aromatic rings. The highest BCUT2D eigenvalue weighted by molar-refractivity contribution is 6.16. The van der Waals surface area contributed by atoms with Gasteiger partial charge in [-0.3, -0.25) is 4.98 Å². The molecule has 0 aliphatic carbocycles. The van der Waals surface area contributed by atoms with Crippen LogP contribution < -0.4 is 14.2 Å². The zero-order chi connectivity index (χ0) is 16.7. The highest BCUT2D eigenvalue weighted by Gasteiger charge is 2.18. The summed E-state index contributed by atoms with van der Waals surface area (Å²) in [7, 11) is 4.87. The molecule has 0 bridgehead atoms. The molecule has 4 rings (SSSR count). The monoisotopic (exact) mass is 319 g/mol. The Balaban J connectivity index is 2.20. The van der Waals surface area contributed by atoms with E-state index in [9.17, 15) is 0 Å². The van der Waals surface area contributed by atoms with Crippen LogP contribution in [0.2, 0.25) is 0 Å². The van der Waals surface area contributed by atoms with E-state index in [1.807, 2.05) is 30.5 Å². The molecular formula is C20H17NO3. The van der Waals surface area contributed by atoms with Crippen molar-refractivity contribution in [2.24, 2.45) is 0 Å². The lowest BCUT2D eigenvalue weighted by Crippen LogP contribution is -1.96. The summed E-state index contributed by atoms with van der Waals surface area (Å²) in [4.78, 5) is 4.69. The average molecular weight is 319 g/mol. The zero-order valence-electron chi connectivity index (χ0n) is 13.8.